The number of halogens is 1. The van der Waals surface area contributed by atoms with Gasteiger partial charge in [-0.1, -0.05) is 6.07 Å². The molecular weight excluding hydrogens is 239 g/mol. The molecule has 0 aliphatic heterocycles. The molecule has 5 nitrogen and oxygen atoms in total. The third-order valence-electron chi connectivity index (χ3n) is 2.25. The van der Waals surface area contributed by atoms with Crippen LogP contribution in [0.1, 0.15) is 12.5 Å². The van der Waals surface area contributed by atoms with Crippen molar-refractivity contribution in [3.8, 4) is 5.75 Å². The van der Waals surface area contributed by atoms with Gasteiger partial charge in [-0.3, -0.25) is 9.59 Å². The molecule has 0 aromatic heterocycles. The second kappa shape index (κ2) is 6.00. The molecule has 0 aliphatic rings. The Morgan fingerprint density at radius 3 is 2.78 bits per heavy atom. The summed E-state index contributed by atoms with van der Waals surface area (Å²) in [6.45, 7) is 2.85. The zero-order valence-corrected chi connectivity index (χ0v) is 10.2. The summed E-state index contributed by atoms with van der Waals surface area (Å²) in [5, 5.41) is 2.32. The Balaban J connectivity index is 2.52. The van der Waals surface area contributed by atoms with Crippen molar-refractivity contribution >= 4 is 11.8 Å². The summed E-state index contributed by atoms with van der Waals surface area (Å²) < 4.78 is 18.3. The van der Waals surface area contributed by atoms with Gasteiger partial charge in [-0.25, -0.2) is 4.39 Å². The highest BCUT2D eigenvalue weighted by Gasteiger charge is 2.13. The van der Waals surface area contributed by atoms with Crippen molar-refractivity contribution in [1.29, 1.82) is 0 Å². The molecule has 0 saturated heterocycles. The topological polar surface area (TPSA) is 81.4 Å². The second-order valence-corrected chi connectivity index (χ2v) is 3.91. The first-order valence-electron chi connectivity index (χ1n) is 5.37. The summed E-state index contributed by atoms with van der Waals surface area (Å²) in [6, 6.07) is 3.55. The highest BCUT2D eigenvalue weighted by molar-refractivity contribution is 5.86. The number of benzene rings is 1. The molecule has 2 amide bonds. The van der Waals surface area contributed by atoms with Crippen molar-refractivity contribution < 1.29 is 18.7 Å². The second-order valence-electron chi connectivity index (χ2n) is 3.91. The van der Waals surface area contributed by atoms with Gasteiger partial charge in [-0.2, -0.15) is 0 Å². The number of ether oxygens (including phenoxy) is 1. The minimum Gasteiger partial charge on any atom is -0.481 e. The summed E-state index contributed by atoms with van der Waals surface area (Å²) in [4.78, 5) is 22.1. The van der Waals surface area contributed by atoms with Gasteiger partial charge in [0.15, 0.2) is 18.2 Å². The monoisotopic (exact) mass is 254 g/mol. The van der Waals surface area contributed by atoms with E-state index in [0.29, 0.717) is 0 Å². The molecule has 0 heterocycles. The van der Waals surface area contributed by atoms with E-state index in [1.54, 1.807) is 13.0 Å². The molecule has 1 aromatic rings. The van der Waals surface area contributed by atoms with Crippen molar-refractivity contribution in [3.05, 3.63) is 29.6 Å². The van der Waals surface area contributed by atoms with E-state index in [2.05, 4.69) is 5.32 Å². The van der Waals surface area contributed by atoms with E-state index in [1.165, 1.54) is 19.1 Å². The van der Waals surface area contributed by atoms with E-state index in [0.717, 1.165) is 5.56 Å². The summed E-state index contributed by atoms with van der Waals surface area (Å²) in [6.07, 6.45) is 0. The number of nitrogens with one attached hydrogen (secondary N) is 1. The Kier molecular flexibility index (Phi) is 4.65. The molecular formula is C12H15FN2O3. The fraction of sp³-hybridized carbons (Fsp3) is 0.333. The van der Waals surface area contributed by atoms with Crippen LogP contribution in [0.5, 0.6) is 5.75 Å². The minimum atomic E-state index is -0.788. The van der Waals surface area contributed by atoms with Crippen molar-refractivity contribution in [1.82, 2.24) is 5.32 Å². The van der Waals surface area contributed by atoms with Crippen molar-refractivity contribution in [2.75, 3.05) is 6.61 Å². The smallest absolute Gasteiger partial charge is 0.258 e. The summed E-state index contributed by atoms with van der Waals surface area (Å²) in [5.41, 5.74) is 5.80. The number of carbonyl (C=O) groups is 2. The predicted octanol–water partition coefficient (Wildman–Crippen LogP) is 0.503. The SMILES string of the molecule is Cc1ccc(F)c(OCC(=O)N[C@@H](C)C(N)=O)c1. The fourth-order valence-corrected chi connectivity index (χ4v) is 1.22. The van der Waals surface area contributed by atoms with Gasteiger partial charge < -0.3 is 15.8 Å². The standard InChI is InChI=1S/C12H15FN2O3/c1-7-3-4-9(13)10(5-7)18-6-11(16)15-8(2)12(14)17/h3-5,8H,6H2,1-2H3,(H2,14,17)(H,15,16)/t8-/m0/s1. The van der Waals surface area contributed by atoms with Crippen LogP contribution in [0.25, 0.3) is 0 Å². The number of aryl methyl sites for hydroxylation is 1. The molecule has 98 valence electrons. The molecule has 0 spiro atoms. The van der Waals surface area contributed by atoms with Gasteiger partial charge in [0.2, 0.25) is 5.91 Å². The maximum atomic E-state index is 13.3. The maximum Gasteiger partial charge on any atom is 0.258 e. The zero-order chi connectivity index (χ0) is 13.7. The number of hydrogen-bond donors (Lipinski definition) is 2. The van der Waals surface area contributed by atoms with Gasteiger partial charge in [0.05, 0.1) is 0 Å². The summed E-state index contributed by atoms with van der Waals surface area (Å²) in [7, 11) is 0. The largest absolute Gasteiger partial charge is 0.481 e. The first-order chi connectivity index (χ1) is 8.40. The van der Waals surface area contributed by atoms with Crippen LogP contribution in [-0.2, 0) is 9.59 Å². The van der Waals surface area contributed by atoms with Crippen LogP contribution in [0.15, 0.2) is 18.2 Å². The number of rotatable bonds is 5. The normalized spacial score (nSPS) is 11.7. The summed E-state index contributed by atoms with van der Waals surface area (Å²) in [5.74, 6) is -1.74. The number of nitrogens with two attached hydrogens (primary N) is 1. The minimum absolute atomic E-state index is 0.00289. The van der Waals surface area contributed by atoms with Crippen LogP contribution in [0.3, 0.4) is 0 Å². The molecule has 0 radical (unpaired) electrons. The lowest BCUT2D eigenvalue weighted by atomic mass is 10.2. The average Bonchev–Trinajstić information content (AvgIpc) is 2.30. The Bertz CT molecular complexity index is 463. The predicted molar refractivity (Wildman–Crippen MR) is 63.4 cm³/mol. The number of hydrogen-bond acceptors (Lipinski definition) is 3. The van der Waals surface area contributed by atoms with E-state index in [4.69, 9.17) is 10.5 Å². The number of primary amides is 1. The molecule has 1 atom stereocenters. The molecule has 0 bridgehead atoms. The third kappa shape index (κ3) is 4.04. The fourth-order valence-electron chi connectivity index (χ4n) is 1.22. The van der Waals surface area contributed by atoms with Gasteiger partial charge >= 0.3 is 0 Å². The Hall–Kier alpha value is -2.11. The highest BCUT2D eigenvalue weighted by Crippen LogP contribution is 2.17. The lowest BCUT2D eigenvalue weighted by Gasteiger charge is -2.11. The highest BCUT2D eigenvalue weighted by atomic mass is 19.1. The molecule has 1 aromatic carbocycles. The van der Waals surface area contributed by atoms with Crippen LogP contribution in [-0.4, -0.2) is 24.5 Å². The Morgan fingerprint density at radius 2 is 2.17 bits per heavy atom. The first-order valence-corrected chi connectivity index (χ1v) is 5.37. The molecule has 6 heteroatoms. The lowest BCUT2D eigenvalue weighted by Crippen LogP contribution is -2.44. The number of carbonyl (C=O) groups excluding carboxylic acids is 2. The molecule has 0 fully saturated rings. The maximum absolute atomic E-state index is 13.3. The first kappa shape index (κ1) is 14.0. The zero-order valence-electron chi connectivity index (χ0n) is 10.2. The van der Waals surface area contributed by atoms with Crippen molar-refractivity contribution in [3.63, 3.8) is 0 Å². The van der Waals surface area contributed by atoms with E-state index < -0.39 is 23.7 Å². The van der Waals surface area contributed by atoms with Gasteiger partial charge in [-0.15, -0.1) is 0 Å². The van der Waals surface area contributed by atoms with Gasteiger partial charge in [0.25, 0.3) is 5.91 Å². The van der Waals surface area contributed by atoms with Gasteiger partial charge in [0, 0.05) is 0 Å². The van der Waals surface area contributed by atoms with E-state index in [1.807, 2.05) is 0 Å². The number of amides is 2. The van der Waals surface area contributed by atoms with Crippen LogP contribution in [0.4, 0.5) is 4.39 Å². The van der Waals surface area contributed by atoms with Crippen molar-refractivity contribution in [2.45, 2.75) is 19.9 Å². The van der Waals surface area contributed by atoms with Crippen LogP contribution in [0.2, 0.25) is 0 Å². The van der Waals surface area contributed by atoms with E-state index >= 15 is 0 Å². The molecule has 0 saturated carbocycles. The van der Waals surface area contributed by atoms with Gasteiger partial charge in [0.1, 0.15) is 6.04 Å². The third-order valence-corrected chi connectivity index (χ3v) is 2.25. The lowest BCUT2D eigenvalue weighted by molar-refractivity contribution is -0.128. The van der Waals surface area contributed by atoms with E-state index in [-0.39, 0.29) is 12.4 Å². The quantitative estimate of drug-likeness (QED) is 0.803. The Labute approximate surface area is 104 Å². The van der Waals surface area contributed by atoms with Crippen molar-refractivity contribution in [2.24, 2.45) is 5.73 Å². The van der Waals surface area contributed by atoms with E-state index in [9.17, 15) is 14.0 Å². The summed E-state index contributed by atoms with van der Waals surface area (Å²) >= 11 is 0. The molecule has 3 N–H and O–H groups in total. The molecule has 0 unspecified atom stereocenters. The van der Waals surface area contributed by atoms with Crippen LogP contribution >= 0.6 is 0 Å². The van der Waals surface area contributed by atoms with Gasteiger partial charge in [-0.05, 0) is 31.5 Å². The molecule has 0 aliphatic carbocycles. The average molecular weight is 254 g/mol. The van der Waals surface area contributed by atoms with Crippen LogP contribution in [0, 0.1) is 12.7 Å². The van der Waals surface area contributed by atoms with Crippen LogP contribution < -0.4 is 15.8 Å². The molecule has 18 heavy (non-hydrogen) atoms. The molecule has 1 rings (SSSR count). The Morgan fingerprint density at radius 1 is 1.50 bits per heavy atom.